The van der Waals surface area contributed by atoms with Crippen LogP contribution >= 0.6 is 0 Å². The van der Waals surface area contributed by atoms with Gasteiger partial charge in [-0.2, -0.15) is 0 Å². The zero-order valence-corrected chi connectivity index (χ0v) is 10.8. The van der Waals surface area contributed by atoms with Crippen molar-refractivity contribution in [2.75, 3.05) is 0 Å². The molecule has 1 heteroatoms. The predicted octanol–water partition coefficient (Wildman–Crippen LogP) is 4.21. The molecule has 0 aromatic rings. The van der Waals surface area contributed by atoms with Crippen LogP contribution in [0.1, 0.15) is 47.0 Å². The zero-order valence-electron chi connectivity index (χ0n) is 10.8. The smallest absolute Gasteiger partial charge is 0.143 e. The Kier molecular flexibility index (Phi) is 4.28. The topological polar surface area (TPSA) is 17.1 Å². The molecule has 1 aliphatic carbocycles. The fourth-order valence-corrected chi connectivity index (χ4v) is 2.39. The average Bonchev–Trinajstić information content (AvgIpc) is 2.16. The minimum absolute atomic E-state index is 0.278. The second-order valence-electron chi connectivity index (χ2n) is 5.31. The van der Waals surface area contributed by atoms with Crippen LogP contribution in [-0.4, -0.2) is 6.29 Å². The molecule has 0 aromatic carbocycles. The predicted molar refractivity (Wildman–Crippen MR) is 69.3 cm³/mol. The molecule has 0 aliphatic heterocycles. The molecule has 0 atom stereocenters. The summed E-state index contributed by atoms with van der Waals surface area (Å²) < 4.78 is 0. The Bertz CT molecular complexity index is 354. The number of hydrogen-bond acceptors (Lipinski definition) is 1. The van der Waals surface area contributed by atoms with Crippen molar-refractivity contribution in [2.24, 2.45) is 5.41 Å². The zero-order chi connectivity index (χ0) is 12.2. The number of carbonyl (C=O) groups is 1. The maximum absolute atomic E-state index is 10.3. The molecule has 16 heavy (non-hydrogen) atoms. The SMILES string of the molecule is CC(=CC=O)/C=C/C1=C(C)CCCC1(C)C. The Balaban J connectivity index is 2.93. The largest absolute Gasteiger partial charge is 0.299 e. The molecular weight excluding hydrogens is 196 g/mol. The van der Waals surface area contributed by atoms with E-state index in [-0.39, 0.29) is 5.41 Å². The Morgan fingerprint density at radius 2 is 2.06 bits per heavy atom. The van der Waals surface area contributed by atoms with E-state index in [1.807, 2.05) is 13.0 Å². The van der Waals surface area contributed by atoms with E-state index in [1.165, 1.54) is 30.4 Å². The van der Waals surface area contributed by atoms with E-state index >= 15 is 0 Å². The van der Waals surface area contributed by atoms with Crippen LogP contribution in [0.5, 0.6) is 0 Å². The lowest BCUT2D eigenvalue weighted by Gasteiger charge is -2.32. The summed E-state index contributed by atoms with van der Waals surface area (Å²) in [4.78, 5) is 10.3. The number of carbonyl (C=O) groups excluding carboxylic acids is 1. The summed E-state index contributed by atoms with van der Waals surface area (Å²) in [5, 5.41) is 0. The van der Waals surface area contributed by atoms with Crippen LogP contribution in [0.15, 0.2) is 34.9 Å². The summed E-state index contributed by atoms with van der Waals surface area (Å²) in [6.07, 6.45) is 10.4. The first kappa shape index (κ1) is 13.0. The molecule has 0 saturated carbocycles. The van der Waals surface area contributed by atoms with Gasteiger partial charge in [-0.05, 0) is 55.7 Å². The van der Waals surface area contributed by atoms with E-state index in [1.54, 1.807) is 6.08 Å². The Labute approximate surface area is 98.9 Å². The molecule has 1 nitrogen and oxygen atoms in total. The van der Waals surface area contributed by atoms with Gasteiger partial charge in [0.1, 0.15) is 6.29 Å². The van der Waals surface area contributed by atoms with Crippen molar-refractivity contribution in [3.05, 3.63) is 34.9 Å². The molecule has 0 saturated heterocycles. The van der Waals surface area contributed by atoms with Gasteiger partial charge in [-0.3, -0.25) is 4.79 Å². The third-order valence-corrected chi connectivity index (χ3v) is 3.39. The minimum atomic E-state index is 0.278. The fourth-order valence-electron chi connectivity index (χ4n) is 2.39. The second kappa shape index (κ2) is 5.29. The summed E-state index contributed by atoms with van der Waals surface area (Å²) in [6, 6.07) is 0. The van der Waals surface area contributed by atoms with Gasteiger partial charge in [0.15, 0.2) is 0 Å². The molecule has 0 heterocycles. The van der Waals surface area contributed by atoms with Crippen LogP contribution < -0.4 is 0 Å². The summed E-state index contributed by atoms with van der Waals surface area (Å²) >= 11 is 0. The average molecular weight is 218 g/mol. The number of allylic oxidation sites excluding steroid dienone is 6. The first-order valence-electron chi connectivity index (χ1n) is 5.98. The lowest BCUT2D eigenvalue weighted by Crippen LogP contribution is -2.19. The molecule has 0 spiro atoms. The van der Waals surface area contributed by atoms with Gasteiger partial charge in [0.25, 0.3) is 0 Å². The lowest BCUT2D eigenvalue weighted by molar-refractivity contribution is -0.104. The standard InChI is InChI=1S/C15H22O/c1-12(9-11-16)7-8-14-13(2)6-5-10-15(14,3)4/h7-9,11H,5-6,10H2,1-4H3/b8-7+,12-9?. The molecule has 0 fully saturated rings. The van der Waals surface area contributed by atoms with Crippen molar-refractivity contribution >= 4 is 6.29 Å². The lowest BCUT2D eigenvalue weighted by atomic mass is 9.72. The van der Waals surface area contributed by atoms with Crippen LogP contribution in [-0.2, 0) is 4.79 Å². The first-order valence-corrected chi connectivity index (χ1v) is 5.98. The van der Waals surface area contributed by atoms with E-state index in [9.17, 15) is 4.79 Å². The van der Waals surface area contributed by atoms with E-state index < -0.39 is 0 Å². The molecule has 0 bridgehead atoms. The molecule has 0 amide bonds. The number of aldehydes is 1. The number of rotatable bonds is 3. The second-order valence-corrected chi connectivity index (χ2v) is 5.31. The van der Waals surface area contributed by atoms with Crippen LogP contribution in [0, 0.1) is 5.41 Å². The van der Waals surface area contributed by atoms with Gasteiger partial charge in [-0.1, -0.05) is 31.6 Å². The van der Waals surface area contributed by atoms with Crippen LogP contribution in [0.3, 0.4) is 0 Å². The Morgan fingerprint density at radius 1 is 1.38 bits per heavy atom. The third kappa shape index (κ3) is 3.19. The molecule has 88 valence electrons. The normalized spacial score (nSPS) is 21.6. The Morgan fingerprint density at radius 3 is 2.62 bits per heavy atom. The fraction of sp³-hybridized carbons (Fsp3) is 0.533. The minimum Gasteiger partial charge on any atom is -0.299 e. The summed E-state index contributed by atoms with van der Waals surface area (Å²) in [5.41, 5.74) is 4.22. The van der Waals surface area contributed by atoms with Gasteiger partial charge in [-0.25, -0.2) is 0 Å². The van der Waals surface area contributed by atoms with E-state index in [0.29, 0.717) is 0 Å². The van der Waals surface area contributed by atoms with Crippen molar-refractivity contribution in [3.8, 4) is 0 Å². The van der Waals surface area contributed by atoms with Crippen LogP contribution in [0.2, 0.25) is 0 Å². The van der Waals surface area contributed by atoms with Crippen LogP contribution in [0.4, 0.5) is 0 Å². The molecule has 1 aliphatic rings. The maximum Gasteiger partial charge on any atom is 0.143 e. The highest BCUT2D eigenvalue weighted by molar-refractivity contribution is 5.67. The molecular formula is C15H22O. The highest BCUT2D eigenvalue weighted by Crippen LogP contribution is 2.40. The van der Waals surface area contributed by atoms with Gasteiger partial charge >= 0.3 is 0 Å². The van der Waals surface area contributed by atoms with Gasteiger partial charge in [-0.15, -0.1) is 0 Å². The quantitative estimate of drug-likeness (QED) is 0.394. The molecule has 0 unspecified atom stereocenters. The van der Waals surface area contributed by atoms with Crippen molar-refractivity contribution in [1.29, 1.82) is 0 Å². The summed E-state index contributed by atoms with van der Waals surface area (Å²) in [5.74, 6) is 0. The highest BCUT2D eigenvalue weighted by atomic mass is 16.1. The van der Waals surface area contributed by atoms with Gasteiger partial charge < -0.3 is 0 Å². The molecule has 0 N–H and O–H groups in total. The van der Waals surface area contributed by atoms with Crippen molar-refractivity contribution < 1.29 is 4.79 Å². The molecule has 0 aromatic heterocycles. The van der Waals surface area contributed by atoms with Crippen molar-refractivity contribution in [1.82, 2.24) is 0 Å². The Hall–Kier alpha value is -1.11. The third-order valence-electron chi connectivity index (χ3n) is 3.39. The molecule has 0 radical (unpaired) electrons. The van der Waals surface area contributed by atoms with E-state index in [0.717, 1.165) is 11.9 Å². The van der Waals surface area contributed by atoms with E-state index in [2.05, 4.69) is 26.8 Å². The highest BCUT2D eigenvalue weighted by Gasteiger charge is 2.26. The number of hydrogen-bond donors (Lipinski definition) is 0. The summed E-state index contributed by atoms with van der Waals surface area (Å²) in [6.45, 7) is 8.78. The summed E-state index contributed by atoms with van der Waals surface area (Å²) in [7, 11) is 0. The molecule has 1 rings (SSSR count). The maximum atomic E-state index is 10.3. The van der Waals surface area contributed by atoms with Gasteiger partial charge in [0, 0.05) is 0 Å². The van der Waals surface area contributed by atoms with Crippen LogP contribution in [0.25, 0.3) is 0 Å². The first-order chi connectivity index (χ1) is 7.47. The van der Waals surface area contributed by atoms with E-state index in [4.69, 9.17) is 0 Å². The van der Waals surface area contributed by atoms with Crippen molar-refractivity contribution in [3.63, 3.8) is 0 Å². The monoisotopic (exact) mass is 218 g/mol. The van der Waals surface area contributed by atoms with Gasteiger partial charge in [0.05, 0.1) is 0 Å². The van der Waals surface area contributed by atoms with Crippen molar-refractivity contribution in [2.45, 2.75) is 47.0 Å². The van der Waals surface area contributed by atoms with Gasteiger partial charge in [0.2, 0.25) is 0 Å².